The summed E-state index contributed by atoms with van der Waals surface area (Å²) in [5.74, 6) is 1.72. The fraction of sp³-hybridized carbons (Fsp3) is 0.312. The van der Waals surface area contributed by atoms with E-state index in [0.29, 0.717) is 13.2 Å². The van der Waals surface area contributed by atoms with Crippen molar-refractivity contribution < 1.29 is 9.47 Å². The molecule has 0 aliphatic heterocycles. The minimum absolute atomic E-state index is 0.596. The first-order valence-electron chi connectivity index (χ1n) is 6.77. The van der Waals surface area contributed by atoms with Crippen molar-refractivity contribution in [1.82, 2.24) is 4.98 Å². The molecule has 1 aromatic carbocycles. The highest BCUT2D eigenvalue weighted by molar-refractivity contribution is 9.10. The monoisotopic (exact) mass is 350 g/mol. The van der Waals surface area contributed by atoms with Gasteiger partial charge in [0.25, 0.3) is 0 Å². The van der Waals surface area contributed by atoms with E-state index in [-0.39, 0.29) is 0 Å². The highest BCUT2D eigenvalue weighted by Gasteiger charge is 1.99. The Morgan fingerprint density at radius 2 is 1.90 bits per heavy atom. The Kier molecular flexibility index (Phi) is 6.02. The maximum absolute atomic E-state index is 5.63. The number of halogens is 1. The van der Waals surface area contributed by atoms with E-state index in [0.717, 1.165) is 33.8 Å². The van der Waals surface area contributed by atoms with Gasteiger partial charge in [0.1, 0.15) is 11.6 Å². The van der Waals surface area contributed by atoms with Gasteiger partial charge in [-0.3, -0.25) is 0 Å². The van der Waals surface area contributed by atoms with Crippen LogP contribution in [0.1, 0.15) is 11.3 Å². The zero-order valence-corrected chi connectivity index (χ0v) is 13.8. The molecule has 5 heteroatoms. The Balaban J connectivity index is 1.68. The SMILES string of the molecule is COc1ccc(COCCNc2ccc(Br)c(C)n2)cc1. The number of nitrogens with one attached hydrogen (secondary N) is 1. The average molecular weight is 351 g/mol. The molecule has 0 aliphatic rings. The van der Waals surface area contributed by atoms with Crippen LogP contribution < -0.4 is 10.1 Å². The first-order chi connectivity index (χ1) is 10.2. The van der Waals surface area contributed by atoms with Crippen LogP contribution in [0.25, 0.3) is 0 Å². The summed E-state index contributed by atoms with van der Waals surface area (Å²) in [4.78, 5) is 4.42. The third-order valence-electron chi connectivity index (χ3n) is 3.00. The van der Waals surface area contributed by atoms with Crippen LogP contribution in [0.2, 0.25) is 0 Å². The summed E-state index contributed by atoms with van der Waals surface area (Å²) in [6, 6.07) is 11.8. The fourth-order valence-corrected chi connectivity index (χ4v) is 2.03. The maximum Gasteiger partial charge on any atom is 0.126 e. The first kappa shape index (κ1) is 15.8. The molecule has 112 valence electrons. The molecule has 0 fully saturated rings. The molecule has 0 aliphatic carbocycles. The quantitative estimate of drug-likeness (QED) is 0.771. The first-order valence-corrected chi connectivity index (χ1v) is 7.56. The minimum Gasteiger partial charge on any atom is -0.497 e. The van der Waals surface area contributed by atoms with Crippen LogP contribution in [0.15, 0.2) is 40.9 Å². The molecule has 4 nitrogen and oxygen atoms in total. The van der Waals surface area contributed by atoms with Gasteiger partial charge in [0.05, 0.1) is 26.0 Å². The molecular formula is C16H19BrN2O2. The summed E-state index contributed by atoms with van der Waals surface area (Å²) in [5, 5.41) is 3.24. The Morgan fingerprint density at radius 3 is 2.57 bits per heavy atom. The number of rotatable bonds is 7. The highest BCUT2D eigenvalue weighted by Crippen LogP contribution is 2.16. The van der Waals surface area contributed by atoms with Crippen molar-refractivity contribution in [3.63, 3.8) is 0 Å². The molecule has 1 N–H and O–H groups in total. The highest BCUT2D eigenvalue weighted by atomic mass is 79.9. The number of aromatic nitrogens is 1. The molecule has 21 heavy (non-hydrogen) atoms. The molecule has 0 amide bonds. The van der Waals surface area contributed by atoms with Crippen molar-refractivity contribution in [2.45, 2.75) is 13.5 Å². The zero-order chi connectivity index (χ0) is 15.1. The van der Waals surface area contributed by atoms with Gasteiger partial charge in [-0.1, -0.05) is 12.1 Å². The normalized spacial score (nSPS) is 10.4. The van der Waals surface area contributed by atoms with Crippen LogP contribution in [0.5, 0.6) is 5.75 Å². The van der Waals surface area contributed by atoms with E-state index in [1.807, 2.05) is 43.3 Å². The van der Waals surface area contributed by atoms with Gasteiger partial charge in [-0.05, 0) is 52.7 Å². The van der Waals surface area contributed by atoms with Crippen LogP contribution in [-0.2, 0) is 11.3 Å². The van der Waals surface area contributed by atoms with Gasteiger partial charge in [-0.15, -0.1) is 0 Å². The summed E-state index contributed by atoms with van der Waals surface area (Å²) in [6.07, 6.45) is 0. The van der Waals surface area contributed by atoms with Gasteiger partial charge < -0.3 is 14.8 Å². The second-order valence-corrected chi connectivity index (χ2v) is 5.45. The zero-order valence-electron chi connectivity index (χ0n) is 12.2. The summed E-state index contributed by atoms with van der Waals surface area (Å²) in [5.41, 5.74) is 2.10. The number of aryl methyl sites for hydroxylation is 1. The van der Waals surface area contributed by atoms with E-state index in [1.165, 1.54) is 0 Å². The van der Waals surface area contributed by atoms with Crippen LogP contribution in [0, 0.1) is 6.92 Å². The van der Waals surface area contributed by atoms with E-state index in [2.05, 4.69) is 26.2 Å². The average Bonchev–Trinajstić information content (AvgIpc) is 2.51. The number of nitrogens with zero attached hydrogens (tertiary/aromatic N) is 1. The van der Waals surface area contributed by atoms with Gasteiger partial charge in [0, 0.05) is 11.0 Å². The third kappa shape index (κ3) is 5.02. The minimum atomic E-state index is 0.596. The predicted molar refractivity (Wildman–Crippen MR) is 87.8 cm³/mol. The van der Waals surface area contributed by atoms with Crippen molar-refractivity contribution in [3.05, 3.63) is 52.1 Å². The lowest BCUT2D eigenvalue weighted by Gasteiger charge is -2.08. The van der Waals surface area contributed by atoms with E-state index in [1.54, 1.807) is 7.11 Å². The van der Waals surface area contributed by atoms with Gasteiger partial charge in [-0.25, -0.2) is 4.98 Å². The molecule has 2 rings (SSSR count). The van der Waals surface area contributed by atoms with Gasteiger partial charge in [0.15, 0.2) is 0 Å². The van der Waals surface area contributed by atoms with Crippen LogP contribution in [-0.4, -0.2) is 25.2 Å². The van der Waals surface area contributed by atoms with Crippen molar-refractivity contribution in [2.75, 3.05) is 25.6 Å². The number of benzene rings is 1. The molecular weight excluding hydrogens is 332 g/mol. The second kappa shape index (κ2) is 8.00. The predicted octanol–water partition coefficient (Wildman–Crippen LogP) is 3.79. The van der Waals surface area contributed by atoms with Gasteiger partial charge in [-0.2, -0.15) is 0 Å². The topological polar surface area (TPSA) is 43.4 Å². The molecule has 0 unspecified atom stereocenters. The van der Waals surface area contributed by atoms with E-state index in [4.69, 9.17) is 9.47 Å². The van der Waals surface area contributed by atoms with E-state index < -0.39 is 0 Å². The molecule has 0 spiro atoms. The molecule has 0 saturated carbocycles. The molecule has 0 atom stereocenters. The summed E-state index contributed by atoms with van der Waals surface area (Å²) in [6.45, 7) is 3.92. The summed E-state index contributed by atoms with van der Waals surface area (Å²) >= 11 is 3.43. The Hall–Kier alpha value is -1.59. The Morgan fingerprint density at radius 1 is 1.14 bits per heavy atom. The molecule has 0 radical (unpaired) electrons. The van der Waals surface area contributed by atoms with E-state index >= 15 is 0 Å². The van der Waals surface area contributed by atoms with Crippen molar-refractivity contribution in [2.24, 2.45) is 0 Å². The summed E-state index contributed by atoms with van der Waals surface area (Å²) in [7, 11) is 1.66. The lowest BCUT2D eigenvalue weighted by molar-refractivity contribution is 0.130. The number of hydrogen-bond acceptors (Lipinski definition) is 4. The van der Waals surface area contributed by atoms with Gasteiger partial charge in [0.2, 0.25) is 0 Å². The number of anilines is 1. The largest absolute Gasteiger partial charge is 0.497 e. The third-order valence-corrected chi connectivity index (χ3v) is 3.84. The summed E-state index contributed by atoms with van der Waals surface area (Å²) < 4.78 is 11.8. The molecule has 2 aromatic rings. The number of hydrogen-bond donors (Lipinski definition) is 1. The molecule has 1 aromatic heterocycles. The van der Waals surface area contributed by atoms with E-state index in [9.17, 15) is 0 Å². The van der Waals surface area contributed by atoms with Crippen LogP contribution >= 0.6 is 15.9 Å². The van der Waals surface area contributed by atoms with Crippen LogP contribution in [0.3, 0.4) is 0 Å². The second-order valence-electron chi connectivity index (χ2n) is 4.59. The molecule has 0 saturated heterocycles. The lowest BCUT2D eigenvalue weighted by Crippen LogP contribution is -2.10. The van der Waals surface area contributed by atoms with Crippen LogP contribution in [0.4, 0.5) is 5.82 Å². The Bertz CT molecular complexity index is 573. The molecule has 1 heterocycles. The fourth-order valence-electron chi connectivity index (χ4n) is 1.81. The van der Waals surface area contributed by atoms with Crippen molar-refractivity contribution >= 4 is 21.7 Å². The smallest absolute Gasteiger partial charge is 0.126 e. The number of ether oxygens (including phenoxy) is 2. The van der Waals surface area contributed by atoms with Crippen molar-refractivity contribution in [1.29, 1.82) is 0 Å². The Labute approximate surface area is 133 Å². The maximum atomic E-state index is 5.63. The number of methoxy groups -OCH3 is 1. The van der Waals surface area contributed by atoms with Gasteiger partial charge >= 0.3 is 0 Å². The van der Waals surface area contributed by atoms with Crippen molar-refractivity contribution in [3.8, 4) is 5.75 Å². The number of pyridine rings is 1. The molecule has 0 bridgehead atoms. The standard InChI is InChI=1S/C16H19BrN2O2/c1-12-15(17)7-8-16(19-12)18-9-10-21-11-13-3-5-14(20-2)6-4-13/h3-8H,9-11H2,1-2H3,(H,18,19). The lowest BCUT2D eigenvalue weighted by atomic mass is 10.2.